The molecular weight excluding hydrogens is 208 g/mol. The van der Waals surface area contributed by atoms with Gasteiger partial charge in [-0.1, -0.05) is 30.3 Å². The van der Waals surface area contributed by atoms with Gasteiger partial charge in [-0.15, -0.1) is 12.6 Å². The molecule has 0 aliphatic heterocycles. The third-order valence-electron chi connectivity index (χ3n) is 2.30. The first-order valence-electron chi connectivity index (χ1n) is 4.53. The van der Waals surface area contributed by atoms with Gasteiger partial charge in [-0.3, -0.25) is 0 Å². The van der Waals surface area contributed by atoms with E-state index in [1.807, 2.05) is 30.3 Å². The number of hydrogen-bond donors (Lipinski definition) is 1. The minimum Gasteiger partial charge on any atom is -0.465 e. The summed E-state index contributed by atoms with van der Waals surface area (Å²) < 4.78 is 4.74. The number of rotatable bonds is 1. The van der Waals surface area contributed by atoms with Crippen molar-refractivity contribution >= 4 is 29.4 Å². The number of esters is 1. The van der Waals surface area contributed by atoms with E-state index in [0.717, 1.165) is 10.8 Å². The molecule has 0 N–H and O–H groups in total. The van der Waals surface area contributed by atoms with Crippen molar-refractivity contribution in [2.24, 2.45) is 0 Å². The van der Waals surface area contributed by atoms with E-state index in [0.29, 0.717) is 10.5 Å². The summed E-state index contributed by atoms with van der Waals surface area (Å²) in [6.45, 7) is 0. The van der Waals surface area contributed by atoms with Crippen LogP contribution >= 0.6 is 12.6 Å². The van der Waals surface area contributed by atoms with Gasteiger partial charge in [0, 0.05) is 4.90 Å². The number of fused-ring (bicyclic) bond motifs is 1. The minimum absolute atomic E-state index is 0.350. The van der Waals surface area contributed by atoms with Crippen molar-refractivity contribution in [1.82, 2.24) is 0 Å². The first-order valence-corrected chi connectivity index (χ1v) is 4.98. The Labute approximate surface area is 93.3 Å². The average Bonchev–Trinajstić information content (AvgIpc) is 2.28. The summed E-state index contributed by atoms with van der Waals surface area (Å²) in [5, 5.41) is 1.88. The van der Waals surface area contributed by atoms with Crippen molar-refractivity contribution < 1.29 is 9.53 Å². The fraction of sp³-hybridized carbons (Fsp3) is 0.0833. The molecule has 0 saturated carbocycles. The number of benzene rings is 2. The summed E-state index contributed by atoms with van der Waals surface area (Å²) in [4.78, 5) is 12.2. The van der Waals surface area contributed by atoms with Gasteiger partial charge in [0.25, 0.3) is 0 Å². The third-order valence-corrected chi connectivity index (χ3v) is 2.67. The molecule has 0 aliphatic carbocycles. The van der Waals surface area contributed by atoms with Gasteiger partial charge in [0.15, 0.2) is 0 Å². The van der Waals surface area contributed by atoms with E-state index in [2.05, 4.69) is 12.6 Å². The van der Waals surface area contributed by atoms with E-state index in [1.165, 1.54) is 7.11 Å². The Hall–Kier alpha value is -1.48. The minimum atomic E-state index is -0.350. The maximum atomic E-state index is 11.6. The molecular formula is C12H10O2S. The Balaban J connectivity index is 2.79. The zero-order valence-electron chi connectivity index (χ0n) is 8.23. The molecule has 2 nitrogen and oxygen atoms in total. The molecule has 15 heavy (non-hydrogen) atoms. The van der Waals surface area contributed by atoms with Crippen molar-refractivity contribution in [3.63, 3.8) is 0 Å². The molecule has 2 aromatic rings. The standard InChI is InChI=1S/C12H10O2S/c1-14-12(13)11-9-5-3-2-4-8(9)6-7-10(11)15/h2-7,15H,1H3. The lowest BCUT2D eigenvalue weighted by Gasteiger charge is -2.07. The molecule has 0 aliphatic rings. The first-order chi connectivity index (χ1) is 7.24. The Morgan fingerprint density at radius 1 is 1.20 bits per heavy atom. The van der Waals surface area contributed by atoms with Gasteiger partial charge in [0.05, 0.1) is 12.7 Å². The molecule has 0 amide bonds. The van der Waals surface area contributed by atoms with E-state index in [-0.39, 0.29) is 5.97 Å². The second-order valence-electron chi connectivity index (χ2n) is 3.17. The van der Waals surface area contributed by atoms with Gasteiger partial charge in [-0.05, 0) is 16.8 Å². The summed E-state index contributed by atoms with van der Waals surface area (Å²) in [7, 11) is 1.37. The molecule has 0 saturated heterocycles. The lowest BCUT2D eigenvalue weighted by molar-refractivity contribution is 0.0599. The monoisotopic (exact) mass is 218 g/mol. The fourth-order valence-corrected chi connectivity index (χ4v) is 1.86. The normalized spacial score (nSPS) is 10.3. The van der Waals surface area contributed by atoms with Crippen LogP contribution in [0, 0.1) is 0 Å². The molecule has 0 atom stereocenters. The van der Waals surface area contributed by atoms with Crippen molar-refractivity contribution in [2.75, 3.05) is 7.11 Å². The van der Waals surface area contributed by atoms with Gasteiger partial charge in [-0.25, -0.2) is 4.79 Å². The van der Waals surface area contributed by atoms with E-state index in [1.54, 1.807) is 6.07 Å². The highest BCUT2D eigenvalue weighted by Gasteiger charge is 2.13. The molecule has 0 bridgehead atoms. The number of carbonyl (C=O) groups is 1. The van der Waals surface area contributed by atoms with E-state index in [9.17, 15) is 4.79 Å². The molecule has 0 radical (unpaired) electrons. The highest BCUT2D eigenvalue weighted by Crippen LogP contribution is 2.25. The van der Waals surface area contributed by atoms with E-state index in [4.69, 9.17) is 4.74 Å². The van der Waals surface area contributed by atoms with Crippen LogP contribution in [0.5, 0.6) is 0 Å². The zero-order valence-corrected chi connectivity index (χ0v) is 9.12. The maximum Gasteiger partial charge on any atom is 0.339 e. The topological polar surface area (TPSA) is 26.3 Å². The average molecular weight is 218 g/mol. The lowest BCUT2D eigenvalue weighted by Crippen LogP contribution is -2.03. The quantitative estimate of drug-likeness (QED) is 0.588. The van der Waals surface area contributed by atoms with Gasteiger partial charge >= 0.3 is 5.97 Å². The summed E-state index contributed by atoms with van der Waals surface area (Å²) in [5.41, 5.74) is 0.527. The van der Waals surface area contributed by atoms with Crippen LogP contribution in [-0.2, 0) is 4.74 Å². The number of thiol groups is 1. The molecule has 0 spiro atoms. The fourth-order valence-electron chi connectivity index (χ4n) is 1.58. The second kappa shape index (κ2) is 3.95. The Morgan fingerprint density at radius 3 is 2.67 bits per heavy atom. The Morgan fingerprint density at radius 2 is 1.93 bits per heavy atom. The van der Waals surface area contributed by atoms with Gasteiger partial charge in [-0.2, -0.15) is 0 Å². The molecule has 76 valence electrons. The van der Waals surface area contributed by atoms with Crippen LogP contribution in [0.3, 0.4) is 0 Å². The largest absolute Gasteiger partial charge is 0.465 e. The predicted molar refractivity (Wildman–Crippen MR) is 62.5 cm³/mol. The van der Waals surface area contributed by atoms with Crippen LogP contribution in [0.25, 0.3) is 10.8 Å². The van der Waals surface area contributed by atoms with Crippen molar-refractivity contribution in [2.45, 2.75) is 4.90 Å². The number of hydrogen-bond acceptors (Lipinski definition) is 3. The van der Waals surface area contributed by atoms with Crippen LogP contribution in [0.15, 0.2) is 41.3 Å². The van der Waals surface area contributed by atoms with Crippen LogP contribution < -0.4 is 0 Å². The zero-order chi connectivity index (χ0) is 10.8. The number of methoxy groups -OCH3 is 1. The predicted octanol–water partition coefficient (Wildman–Crippen LogP) is 2.92. The van der Waals surface area contributed by atoms with Crippen LogP contribution in [-0.4, -0.2) is 13.1 Å². The third kappa shape index (κ3) is 1.70. The van der Waals surface area contributed by atoms with Crippen LogP contribution in [0.4, 0.5) is 0 Å². The van der Waals surface area contributed by atoms with Gasteiger partial charge < -0.3 is 4.74 Å². The summed E-state index contributed by atoms with van der Waals surface area (Å²) >= 11 is 4.27. The summed E-state index contributed by atoms with van der Waals surface area (Å²) in [5.74, 6) is -0.350. The maximum absolute atomic E-state index is 11.6. The second-order valence-corrected chi connectivity index (χ2v) is 3.65. The number of carbonyl (C=O) groups excluding carboxylic acids is 1. The number of ether oxygens (including phenoxy) is 1. The summed E-state index contributed by atoms with van der Waals surface area (Å²) in [6, 6.07) is 11.4. The highest BCUT2D eigenvalue weighted by molar-refractivity contribution is 7.80. The van der Waals surface area contributed by atoms with Crippen molar-refractivity contribution in [3.05, 3.63) is 42.0 Å². The summed E-state index contributed by atoms with van der Waals surface area (Å²) in [6.07, 6.45) is 0. The van der Waals surface area contributed by atoms with Gasteiger partial charge in [0.1, 0.15) is 0 Å². The van der Waals surface area contributed by atoms with E-state index < -0.39 is 0 Å². The molecule has 2 aromatic carbocycles. The Kier molecular flexibility index (Phi) is 2.64. The van der Waals surface area contributed by atoms with Crippen molar-refractivity contribution in [3.8, 4) is 0 Å². The SMILES string of the molecule is COC(=O)c1c(S)ccc2ccccc12. The molecule has 0 fully saturated rings. The van der Waals surface area contributed by atoms with Crippen LogP contribution in [0.2, 0.25) is 0 Å². The molecule has 0 heterocycles. The smallest absolute Gasteiger partial charge is 0.339 e. The van der Waals surface area contributed by atoms with E-state index >= 15 is 0 Å². The van der Waals surface area contributed by atoms with Crippen LogP contribution in [0.1, 0.15) is 10.4 Å². The Bertz CT molecular complexity index is 520. The molecule has 3 heteroatoms. The van der Waals surface area contributed by atoms with Gasteiger partial charge in [0.2, 0.25) is 0 Å². The lowest BCUT2D eigenvalue weighted by atomic mass is 10.0. The molecule has 0 aromatic heterocycles. The highest BCUT2D eigenvalue weighted by atomic mass is 32.1. The molecule has 2 rings (SSSR count). The first kappa shape index (κ1) is 10.1. The molecule has 0 unspecified atom stereocenters. The van der Waals surface area contributed by atoms with Crippen molar-refractivity contribution in [1.29, 1.82) is 0 Å².